The number of carbonyl (C=O) groups is 3. The van der Waals surface area contributed by atoms with E-state index in [9.17, 15) is 14.4 Å². The van der Waals surface area contributed by atoms with Crippen molar-refractivity contribution in [2.24, 2.45) is 5.92 Å². The highest BCUT2D eigenvalue weighted by Crippen LogP contribution is 2.22. The molecule has 7 heteroatoms. The molecule has 0 aliphatic heterocycles. The number of ether oxygens (including phenoxy) is 3. The average molecular weight is 413 g/mol. The van der Waals surface area contributed by atoms with Crippen molar-refractivity contribution in [3.05, 3.63) is 48.0 Å². The van der Waals surface area contributed by atoms with Crippen LogP contribution >= 0.6 is 0 Å². The van der Waals surface area contributed by atoms with Crippen molar-refractivity contribution in [3.63, 3.8) is 0 Å². The van der Waals surface area contributed by atoms with E-state index in [1.54, 1.807) is 13.2 Å². The van der Waals surface area contributed by atoms with Gasteiger partial charge in [0.05, 0.1) is 14.2 Å². The number of carbonyl (C=O) groups excluding carboxylic acids is 3. The molecule has 0 aliphatic carbocycles. The maximum atomic E-state index is 12.0. The quantitative estimate of drug-likeness (QED) is 0.502. The monoisotopic (exact) mass is 413 g/mol. The predicted molar refractivity (Wildman–Crippen MR) is 114 cm³/mol. The van der Waals surface area contributed by atoms with E-state index in [1.807, 2.05) is 50.2 Å². The van der Waals surface area contributed by atoms with Gasteiger partial charge in [-0.15, -0.1) is 0 Å². The van der Waals surface area contributed by atoms with E-state index in [0.29, 0.717) is 6.42 Å². The van der Waals surface area contributed by atoms with Crippen molar-refractivity contribution in [1.29, 1.82) is 0 Å². The highest BCUT2D eigenvalue weighted by Gasteiger charge is 2.22. The smallest absolute Gasteiger partial charge is 0.331 e. The molecular weight excluding hydrogens is 386 g/mol. The number of methoxy groups -OCH3 is 2. The Morgan fingerprint density at radius 3 is 2.40 bits per heavy atom. The third-order valence-corrected chi connectivity index (χ3v) is 4.36. The molecule has 2 rings (SSSR count). The minimum atomic E-state index is -0.770. The maximum absolute atomic E-state index is 12.0. The molecule has 0 unspecified atom stereocenters. The van der Waals surface area contributed by atoms with Crippen LogP contribution in [0.5, 0.6) is 5.75 Å². The minimum absolute atomic E-state index is 0.183. The van der Waals surface area contributed by atoms with Gasteiger partial charge in [-0.25, -0.2) is 9.59 Å². The van der Waals surface area contributed by atoms with Crippen LogP contribution in [0.1, 0.15) is 25.8 Å². The summed E-state index contributed by atoms with van der Waals surface area (Å²) < 4.78 is 14.9. The summed E-state index contributed by atoms with van der Waals surface area (Å²) in [6.45, 7) is 3.37. The zero-order valence-electron chi connectivity index (χ0n) is 17.6. The molecule has 0 aliphatic rings. The van der Waals surface area contributed by atoms with Gasteiger partial charge < -0.3 is 19.5 Å². The topological polar surface area (TPSA) is 90.9 Å². The standard InChI is InChI=1S/C23H27NO6/c1-15(2)11-20(23(27)29-4)24-21(25)14-30-22(26)10-6-16-5-7-18-13-19(28-3)9-8-17(18)12-16/h5-10,12-13,15,20H,11,14H2,1-4H3,(H,24,25)/b10-6+/t20-/m1/s1. The van der Waals surface area contributed by atoms with Gasteiger partial charge in [-0.05, 0) is 52.9 Å². The molecule has 2 aromatic carbocycles. The highest BCUT2D eigenvalue weighted by atomic mass is 16.5. The van der Waals surface area contributed by atoms with Gasteiger partial charge >= 0.3 is 11.9 Å². The molecule has 0 saturated carbocycles. The molecule has 2 aromatic rings. The largest absolute Gasteiger partial charge is 0.497 e. The number of rotatable bonds is 9. The normalized spacial score (nSPS) is 12.0. The van der Waals surface area contributed by atoms with Crippen molar-refractivity contribution in [3.8, 4) is 5.75 Å². The second-order valence-corrected chi connectivity index (χ2v) is 7.19. The minimum Gasteiger partial charge on any atom is -0.497 e. The fourth-order valence-corrected chi connectivity index (χ4v) is 2.89. The first-order valence-corrected chi connectivity index (χ1v) is 9.62. The summed E-state index contributed by atoms with van der Waals surface area (Å²) in [6.07, 6.45) is 3.30. The fraction of sp³-hybridized carbons (Fsp3) is 0.348. The Morgan fingerprint density at radius 2 is 1.73 bits per heavy atom. The Balaban J connectivity index is 1.90. The van der Waals surface area contributed by atoms with Crippen LogP contribution in [-0.4, -0.2) is 44.7 Å². The summed E-state index contributed by atoms with van der Waals surface area (Å²) in [5.74, 6) is -0.790. The van der Waals surface area contributed by atoms with Gasteiger partial charge in [0.1, 0.15) is 11.8 Å². The first-order valence-electron chi connectivity index (χ1n) is 9.62. The van der Waals surface area contributed by atoms with E-state index < -0.39 is 30.5 Å². The Bertz CT molecular complexity index is 934. The van der Waals surface area contributed by atoms with Gasteiger partial charge in [0.2, 0.25) is 0 Å². The zero-order chi connectivity index (χ0) is 22.1. The number of nitrogens with one attached hydrogen (secondary N) is 1. The molecule has 30 heavy (non-hydrogen) atoms. The molecule has 1 N–H and O–H groups in total. The van der Waals surface area contributed by atoms with Crippen LogP contribution < -0.4 is 10.1 Å². The van der Waals surface area contributed by atoms with Crippen molar-refractivity contribution >= 4 is 34.7 Å². The lowest BCUT2D eigenvalue weighted by molar-refractivity contribution is -0.148. The average Bonchev–Trinajstić information content (AvgIpc) is 2.74. The summed E-state index contributed by atoms with van der Waals surface area (Å²) in [4.78, 5) is 35.7. The molecule has 0 radical (unpaired) electrons. The molecule has 0 spiro atoms. The molecule has 0 saturated heterocycles. The highest BCUT2D eigenvalue weighted by molar-refractivity contribution is 5.92. The van der Waals surface area contributed by atoms with Crippen molar-refractivity contribution in [2.75, 3.05) is 20.8 Å². The Morgan fingerprint density at radius 1 is 1.03 bits per heavy atom. The number of amides is 1. The summed E-state index contributed by atoms with van der Waals surface area (Å²) in [6, 6.07) is 10.7. The molecule has 160 valence electrons. The van der Waals surface area contributed by atoms with Crippen molar-refractivity contribution in [1.82, 2.24) is 5.32 Å². The molecule has 0 fully saturated rings. The van der Waals surface area contributed by atoms with E-state index in [-0.39, 0.29) is 5.92 Å². The van der Waals surface area contributed by atoms with E-state index >= 15 is 0 Å². The molecule has 0 aromatic heterocycles. The van der Waals surface area contributed by atoms with Gasteiger partial charge in [0.25, 0.3) is 5.91 Å². The third-order valence-electron chi connectivity index (χ3n) is 4.36. The fourth-order valence-electron chi connectivity index (χ4n) is 2.89. The lowest BCUT2D eigenvalue weighted by atomic mass is 10.0. The molecular formula is C23H27NO6. The molecule has 1 atom stereocenters. The third kappa shape index (κ3) is 6.92. The predicted octanol–water partition coefficient (Wildman–Crippen LogP) is 3.11. The van der Waals surface area contributed by atoms with Gasteiger partial charge in [-0.2, -0.15) is 0 Å². The summed E-state index contributed by atoms with van der Waals surface area (Å²) in [5.41, 5.74) is 0.816. The first kappa shape index (κ1) is 22.9. The first-order chi connectivity index (χ1) is 14.3. The number of fused-ring (bicyclic) bond motifs is 1. The van der Waals surface area contributed by atoms with E-state index in [4.69, 9.17) is 14.2 Å². The zero-order valence-corrected chi connectivity index (χ0v) is 17.6. The van der Waals surface area contributed by atoms with Crippen molar-refractivity contribution < 1.29 is 28.6 Å². The summed E-state index contributed by atoms with van der Waals surface area (Å²) in [5, 5.41) is 4.56. The number of benzene rings is 2. The van der Waals surface area contributed by atoms with Crippen LogP contribution in [0.4, 0.5) is 0 Å². The van der Waals surface area contributed by atoms with E-state index in [0.717, 1.165) is 22.1 Å². The van der Waals surface area contributed by atoms with Gasteiger partial charge in [-0.1, -0.05) is 32.0 Å². The number of esters is 2. The SMILES string of the molecule is COC(=O)[C@@H](CC(C)C)NC(=O)COC(=O)/C=C/c1ccc2cc(OC)ccc2c1. The van der Waals surface area contributed by atoms with Crippen LogP contribution in [0.25, 0.3) is 16.8 Å². The van der Waals surface area contributed by atoms with Crippen LogP contribution in [0, 0.1) is 5.92 Å². The van der Waals surface area contributed by atoms with Gasteiger partial charge in [-0.3, -0.25) is 4.79 Å². The van der Waals surface area contributed by atoms with Crippen LogP contribution in [-0.2, 0) is 23.9 Å². The summed E-state index contributed by atoms with van der Waals surface area (Å²) >= 11 is 0. The number of hydrogen-bond donors (Lipinski definition) is 1. The Kier molecular flexibility index (Phi) is 8.41. The lowest BCUT2D eigenvalue weighted by Gasteiger charge is -2.18. The lowest BCUT2D eigenvalue weighted by Crippen LogP contribution is -2.44. The molecule has 1 amide bonds. The van der Waals surface area contributed by atoms with E-state index in [1.165, 1.54) is 13.2 Å². The van der Waals surface area contributed by atoms with Crippen LogP contribution in [0.3, 0.4) is 0 Å². The van der Waals surface area contributed by atoms with Crippen LogP contribution in [0.15, 0.2) is 42.5 Å². The maximum Gasteiger partial charge on any atom is 0.331 e. The Hall–Kier alpha value is -3.35. The second-order valence-electron chi connectivity index (χ2n) is 7.19. The Labute approximate surface area is 176 Å². The molecule has 0 heterocycles. The summed E-state index contributed by atoms with van der Waals surface area (Å²) in [7, 11) is 2.87. The van der Waals surface area contributed by atoms with Crippen LogP contribution in [0.2, 0.25) is 0 Å². The van der Waals surface area contributed by atoms with Gasteiger partial charge in [0, 0.05) is 6.08 Å². The second kappa shape index (κ2) is 11.0. The number of hydrogen-bond acceptors (Lipinski definition) is 6. The molecule has 0 bridgehead atoms. The van der Waals surface area contributed by atoms with Gasteiger partial charge in [0.15, 0.2) is 6.61 Å². The van der Waals surface area contributed by atoms with E-state index in [2.05, 4.69) is 5.32 Å². The van der Waals surface area contributed by atoms with Crippen molar-refractivity contribution in [2.45, 2.75) is 26.3 Å². The molecule has 7 nitrogen and oxygen atoms in total.